The van der Waals surface area contributed by atoms with E-state index < -0.39 is 12.0 Å². The van der Waals surface area contributed by atoms with Gasteiger partial charge in [0.25, 0.3) is 0 Å². The molecule has 2 N–H and O–H groups in total. The van der Waals surface area contributed by atoms with Crippen LogP contribution < -0.4 is 5.32 Å². The van der Waals surface area contributed by atoms with Crippen LogP contribution in [-0.4, -0.2) is 34.1 Å². The Bertz CT molecular complexity index is 527. The van der Waals surface area contributed by atoms with Crippen molar-refractivity contribution in [2.75, 3.05) is 7.05 Å². The molecule has 0 aliphatic rings. The number of carboxylic acids is 1. The predicted octanol–water partition coefficient (Wildman–Crippen LogP) is 1.42. The summed E-state index contributed by atoms with van der Waals surface area (Å²) in [7, 11) is 1.63. The summed E-state index contributed by atoms with van der Waals surface area (Å²) in [6.07, 6.45) is 3.83. The van der Waals surface area contributed by atoms with Crippen LogP contribution in [0.3, 0.4) is 0 Å². The SMILES string of the molecule is CNC(Cc1nc(-c2cccnc2)cs1)C(=O)O. The largest absolute Gasteiger partial charge is 0.480 e. The first kappa shape index (κ1) is 12.7. The Balaban J connectivity index is 2.14. The Morgan fingerprint density at radius 3 is 3.06 bits per heavy atom. The topological polar surface area (TPSA) is 75.1 Å². The highest BCUT2D eigenvalue weighted by Crippen LogP contribution is 2.21. The molecule has 0 aromatic carbocycles. The molecular formula is C12H13N3O2S. The Morgan fingerprint density at radius 1 is 1.61 bits per heavy atom. The van der Waals surface area contributed by atoms with Gasteiger partial charge in [0, 0.05) is 29.8 Å². The minimum Gasteiger partial charge on any atom is -0.480 e. The monoisotopic (exact) mass is 263 g/mol. The number of carboxylic acid groups (broad SMARTS) is 1. The molecule has 0 aliphatic heterocycles. The number of nitrogens with zero attached hydrogens (tertiary/aromatic N) is 2. The van der Waals surface area contributed by atoms with Crippen LogP contribution in [0, 0.1) is 0 Å². The molecular weight excluding hydrogens is 250 g/mol. The zero-order valence-electron chi connectivity index (χ0n) is 9.83. The van der Waals surface area contributed by atoms with Gasteiger partial charge in [0.15, 0.2) is 0 Å². The molecule has 2 rings (SSSR count). The number of thiazole rings is 1. The van der Waals surface area contributed by atoms with E-state index in [-0.39, 0.29) is 0 Å². The molecule has 0 amide bonds. The number of hydrogen-bond acceptors (Lipinski definition) is 5. The molecule has 0 saturated carbocycles. The lowest BCUT2D eigenvalue weighted by molar-refractivity contribution is -0.139. The van der Waals surface area contributed by atoms with Crippen molar-refractivity contribution in [2.45, 2.75) is 12.5 Å². The van der Waals surface area contributed by atoms with Crippen LogP contribution in [0.1, 0.15) is 5.01 Å². The van der Waals surface area contributed by atoms with E-state index >= 15 is 0 Å². The summed E-state index contributed by atoms with van der Waals surface area (Å²) in [6, 6.07) is 3.18. The van der Waals surface area contributed by atoms with E-state index in [4.69, 9.17) is 5.11 Å². The van der Waals surface area contributed by atoms with Crippen molar-refractivity contribution in [1.29, 1.82) is 0 Å². The van der Waals surface area contributed by atoms with Gasteiger partial charge in [-0.1, -0.05) is 0 Å². The fourth-order valence-corrected chi connectivity index (χ4v) is 2.39. The molecule has 6 heteroatoms. The maximum absolute atomic E-state index is 10.9. The fraction of sp³-hybridized carbons (Fsp3) is 0.250. The van der Waals surface area contributed by atoms with Crippen molar-refractivity contribution in [3.05, 3.63) is 34.9 Å². The number of hydrogen-bond donors (Lipinski definition) is 2. The van der Waals surface area contributed by atoms with Crippen LogP contribution in [0.4, 0.5) is 0 Å². The summed E-state index contributed by atoms with van der Waals surface area (Å²) >= 11 is 1.46. The van der Waals surface area contributed by atoms with E-state index in [1.807, 2.05) is 17.5 Å². The molecule has 2 heterocycles. The smallest absolute Gasteiger partial charge is 0.321 e. The van der Waals surface area contributed by atoms with E-state index in [0.717, 1.165) is 16.3 Å². The third-order valence-corrected chi connectivity index (χ3v) is 3.41. The van der Waals surface area contributed by atoms with Gasteiger partial charge in [-0.05, 0) is 19.2 Å². The average Bonchev–Trinajstić information content (AvgIpc) is 2.85. The Hall–Kier alpha value is -1.79. The number of aromatic nitrogens is 2. The van der Waals surface area contributed by atoms with Gasteiger partial charge in [-0.25, -0.2) is 4.98 Å². The van der Waals surface area contributed by atoms with Gasteiger partial charge in [0.2, 0.25) is 0 Å². The maximum Gasteiger partial charge on any atom is 0.321 e. The van der Waals surface area contributed by atoms with Crippen molar-refractivity contribution < 1.29 is 9.90 Å². The molecule has 1 unspecified atom stereocenters. The number of aliphatic carboxylic acids is 1. The van der Waals surface area contributed by atoms with Crippen molar-refractivity contribution in [2.24, 2.45) is 0 Å². The van der Waals surface area contributed by atoms with Gasteiger partial charge in [-0.15, -0.1) is 11.3 Å². The Labute approximate surface area is 109 Å². The molecule has 2 aromatic rings. The maximum atomic E-state index is 10.9. The third kappa shape index (κ3) is 2.91. The van der Waals surface area contributed by atoms with E-state index in [2.05, 4.69) is 15.3 Å². The molecule has 0 radical (unpaired) electrons. The number of nitrogens with one attached hydrogen (secondary N) is 1. The third-order valence-electron chi connectivity index (χ3n) is 2.53. The van der Waals surface area contributed by atoms with Crippen molar-refractivity contribution >= 4 is 17.3 Å². The first-order valence-electron chi connectivity index (χ1n) is 5.45. The fourth-order valence-electron chi connectivity index (χ4n) is 1.54. The summed E-state index contributed by atoms with van der Waals surface area (Å²) < 4.78 is 0. The quantitative estimate of drug-likeness (QED) is 0.853. The zero-order valence-corrected chi connectivity index (χ0v) is 10.6. The summed E-state index contributed by atoms with van der Waals surface area (Å²) in [5.41, 5.74) is 1.78. The van der Waals surface area contributed by atoms with Crippen LogP contribution in [0.5, 0.6) is 0 Å². The minimum atomic E-state index is -0.865. The lowest BCUT2D eigenvalue weighted by Gasteiger charge is -2.07. The molecule has 0 aliphatic carbocycles. The Morgan fingerprint density at radius 2 is 2.44 bits per heavy atom. The average molecular weight is 263 g/mol. The first-order valence-corrected chi connectivity index (χ1v) is 6.33. The van der Waals surface area contributed by atoms with Gasteiger partial charge in [-0.3, -0.25) is 9.78 Å². The highest BCUT2D eigenvalue weighted by Gasteiger charge is 2.17. The van der Waals surface area contributed by atoms with Crippen molar-refractivity contribution in [3.8, 4) is 11.3 Å². The Kier molecular flexibility index (Phi) is 4.01. The standard InChI is InChI=1S/C12H13N3O2S/c1-13-9(12(16)17)5-11-15-10(7-18-11)8-3-2-4-14-6-8/h2-4,6-7,9,13H,5H2,1H3,(H,16,17). The lowest BCUT2D eigenvalue weighted by Crippen LogP contribution is -2.35. The minimum absolute atomic E-state index is 0.386. The summed E-state index contributed by atoms with van der Waals surface area (Å²) in [4.78, 5) is 19.4. The zero-order chi connectivity index (χ0) is 13.0. The summed E-state index contributed by atoms with van der Waals surface area (Å²) in [5, 5.41) is 14.4. The van der Waals surface area contributed by atoms with Crippen molar-refractivity contribution in [1.82, 2.24) is 15.3 Å². The van der Waals surface area contributed by atoms with Gasteiger partial charge in [0.1, 0.15) is 6.04 Å². The second-order valence-corrected chi connectivity index (χ2v) is 4.69. The van der Waals surface area contributed by atoms with Gasteiger partial charge in [-0.2, -0.15) is 0 Å². The summed E-state index contributed by atoms with van der Waals surface area (Å²) in [6.45, 7) is 0. The molecule has 1 atom stereocenters. The highest BCUT2D eigenvalue weighted by atomic mass is 32.1. The second-order valence-electron chi connectivity index (χ2n) is 3.75. The van der Waals surface area contributed by atoms with Crippen LogP contribution in [-0.2, 0) is 11.2 Å². The molecule has 0 bridgehead atoms. The van der Waals surface area contributed by atoms with Crippen LogP contribution >= 0.6 is 11.3 Å². The number of likely N-dealkylation sites (N-methyl/N-ethyl adjacent to an activating group) is 1. The molecule has 2 aromatic heterocycles. The second kappa shape index (κ2) is 5.70. The molecule has 5 nitrogen and oxygen atoms in total. The number of rotatable bonds is 5. The van der Waals surface area contributed by atoms with E-state index in [1.54, 1.807) is 19.4 Å². The lowest BCUT2D eigenvalue weighted by atomic mass is 10.2. The van der Waals surface area contributed by atoms with Crippen LogP contribution in [0.2, 0.25) is 0 Å². The molecule has 94 valence electrons. The first-order chi connectivity index (χ1) is 8.70. The van der Waals surface area contributed by atoms with Gasteiger partial charge in [0.05, 0.1) is 10.7 Å². The molecule has 0 spiro atoms. The van der Waals surface area contributed by atoms with E-state index in [9.17, 15) is 4.79 Å². The number of pyridine rings is 1. The van der Waals surface area contributed by atoms with E-state index in [0.29, 0.717) is 6.42 Å². The molecule has 0 fully saturated rings. The summed E-state index contributed by atoms with van der Waals surface area (Å²) in [5.74, 6) is -0.865. The van der Waals surface area contributed by atoms with Crippen LogP contribution in [0.25, 0.3) is 11.3 Å². The van der Waals surface area contributed by atoms with Crippen LogP contribution in [0.15, 0.2) is 29.9 Å². The normalized spacial score (nSPS) is 12.3. The number of carbonyl (C=O) groups is 1. The van der Waals surface area contributed by atoms with Gasteiger partial charge >= 0.3 is 5.97 Å². The van der Waals surface area contributed by atoms with E-state index in [1.165, 1.54) is 11.3 Å². The van der Waals surface area contributed by atoms with Crippen molar-refractivity contribution in [3.63, 3.8) is 0 Å². The predicted molar refractivity (Wildman–Crippen MR) is 69.5 cm³/mol. The molecule has 18 heavy (non-hydrogen) atoms. The highest BCUT2D eigenvalue weighted by molar-refractivity contribution is 7.10. The van der Waals surface area contributed by atoms with Gasteiger partial charge < -0.3 is 10.4 Å². The molecule has 0 saturated heterocycles.